The summed E-state index contributed by atoms with van der Waals surface area (Å²) in [4.78, 5) is 23.3. The number of hydrogen-bond donors (Lipinski definition) is 0. The number of Topliss-reactive ketones (excluding diaryl/α,β-unsaturated/α-hetero) is 2. The van der Waals surface area contributed by atoms with Crippen LogP contribution in [-0.2, 0) is 14.3 Å². The van der Waals surface area contributed by atoms with Crippen molar-refractivity contribution in [3.8, 4) is 0 Å². The molecule has 1 saturated heterocycles. The highest BCUT2D eigenvalue weighted by atomic mass is 16.5. The van der Waals surface area contributed by atoms with Crippen LogP contribution in [0.4, 0.5) is 0 Å². The summed E-state index contributed by atoms with van der Waals surface area (Å²) in [6.45, 7) is 2.65. The van der Waals surface area contributed by atoms with Crippen molar-refractivity contribution in [1.29, 1.82) is 0 Å². The normalized spacial score (nSPS) is 45.4. The zero-order valence-corrected chi connectivity index (χ0v) is 8.03. The molecule has 2 bridgehead atoms. The Morgan fingerprint density at radius 2 is 2.14 bits per heavy atom. The number of carbonyl (C=O) groups is 2. The summed E-state index contributed by atoms with van der Waals surface area (Å²) >= 11 is 0. The average Bonchev–Trinajstić information content (AvgIpc) is 2.61. The first-order chi connectivity index (χ1) is 6.70. The molecule has 1 heterocycles. The maximum absolute atomic E-state index is 11.7. The third kappa shape index (κ3) is 0.811. The third-order valence-electron chi connectivity index (χ3n) is 3.73. The molecule has 1 saturated carbocycles. The second-order valence-corrected chi connectivity index (χ2v) is 4.43. The van der Waals surface area contributed by atoms with E-state index in [1.807, 2.05) is 13.0 Å². The molecule has 0 spiro atoms. The molecular weight excluding hydrogens is 180 g/mol. The molecule has 0 aromatic rings. The number of rotatable bonds is 0. The van der Waals surface area contributed by atoms with Crippen molar-refractivity contribution in [3.05, 3.63) is 11.6 Å². The Balaban J connectivity index is 2.12. The fourth-order valence-electron chi connectivity index (χ4n) is 3.12. The lowest BCUT2D eigenvalue weighted by molar-refractivity contribution is -0.149. The van der Waals surface area contributed by atoms with Crippen LogP contribution in [-0.4, -0.2) is 24.3 Å². The van der Waals surface area contributed by atoms with Crippen LogP contribution in [0.15, 0.2) is 11.6 Å². The number of ketones is 2. The summed E-state index contributed by atoms with van der Waals surface area (Å²) < 4.78 is 5.54. The minimum Gasteiger partial charge on any atom is -0.377 e. The predicted molar refractivity (Wildman–Crippen MR) is 48.6 cm³/mol. The van der Waals surface area contributed by atoms with Crippen LogP contribution in [0.2, 0.25) is 0 Å². The lowest BCUT2D eigenvalue weighted by Gasteiger charge is -2.40. The van der Waals surface area contributed by atoms with Gasteiger partial charge in [0.1, 0.15) is 0 Å². The van der Waals surface area contributed by atoms with Crippen LogP contribution >= 0.6 is 0 Å². The zero-order chi connectivity index (χ0) is 9.87. The highest BCUT2D eigenvalue weighted by Gasteiger charge is 2.55. The van der Waals surface area contributed by atoms with E-state index < -0.39 is 0 Å². The van der Waals surface area contributed by atoms with Crippen molar-refractivity contribution in [1.82, 2.24) is 0 Å². The first kappa shape index (κ1) is 8.36. The van der Waals surface area contributed by atoms with Crippen molar-refractivity contribution in [3.63, 3.8) is 0 Å². The van der Waals surface area contributed by atoms with Crippen LogP contribution in [0, 0.1) is 17.8 Å². The summed E-state index contributed by atoms with van der Waals surface area (Å²) in [6.07, 6.45) is 2.85. The number of fused-ring (bicyclic) bond motifs is 1. The summed E-state index contributed by atoms with van der Waals surface area (Å²) in [7, 11) is 0. The van der Waals surface area contributed by atoms with E-state index in [1.54, 1.807) is 0 Å². The molecule has 3 heteroatoms. The van der Waals surface area contributed by atoms with Gasteiger partial charge in [-0.2, -0.15) is 0 Å². The van der Waals surface area contributed by atoms with E-state index in [0.717, 1.165) is 12.0 Å². The first-order valence-corrected chi connectivity index (χ1v) is 5.08. The van der Waals surface area contributed by atoms with Gasteiger partial charge in [0.15, 0.2) is 0 Å². The number of carbonyl (C=O) groups excluding carboxylic acids is 2. The Labute approximate surface area is 82.1 Å². The largest absolute Gasteiger partial charge is 0.377 e. The molecule has 1 aliphatic heterocycles. The molecular formula is C11H12O3. The van der Waals surface area contributed by atoms with Gasteiger partial charge >= 0.3 is 0 Å². The highest BCUT2D eigenvalue weighted by Crippen LogP contribution is 2.46. The van der Waals surface area contributed by atoms with Crippen LogP contribution in [0.3, 0.4) is 0 Å². The highest BCUT2D eigenvalue weighted by molar-refractivity contribution is 6.41. The molecule has 4 rings (SSSR count). The molecule has 2 fully saturated rings. The molecule has 0 aromatic heterocycles. The summed E-state index contributed by atoms with van der Waals surface area (Å²) in [6, 6.07) is 0. The molecule has 3 aliphatic carbocycles. The molecule has 4 aliphatic rings. The van der Waals surface area contributed by atoms with E-state index in [-0.39, 0.29) is 35.4 Å². The minimum absolute atomic E-state index is 0.00565. The Morgan fingerprint density at radius 1 is 1.36 bits per heavy atom. The van der Waals surface area contributed by atoms with Crippen molar-refractivity contribution in [2.45, 2.75) is 19.4 Å². The van der Waals surface area contributed by atoms with Crippen molar-refractivity contribution in [2.24, 2.45) is 17.8 Å². The van der Waals surface area contributed by atoms with Crippen molar-refractivity contribution in [2.75, 3.05) is 6.61 Å². The monoisotopic (exact) mass is 192 g/mol. The number of allylic oxidation sites excluding steroid dienone is 1. The zero-order valence-electron chi connectivity index (χ0n) is 8.03. The lowest BCUT2D eigenvalue weighted by atomic mass is 9.62. The van der Waals surface area contributed by atoms with E-state index in [9.17, 15) is 9.59 Å². The van der Waals surface area contributed by atoms with E-state index in [0.29, 0.717) is 6.61 Å². The maximum atomic E-state index is 11.7. The van der Waals surface area contributed by atoms with Gasteiger partial charge in [-0.15, -0.1) is 0 Å². The second-order valence-electron chi connectivity index (χ2n) is 4.43. The van der Waals surface area contributed by atoms with Gasteiger partial charge in [-0.3, -0.25) is 9.59 Å². The molecule has 0 N–H and O–H groups in total. The maximum Gasteiger partial charge on any atom is 0.208 e. The van der Waals surface area contributed by atoms with Crippen LogP contribution in [0.1, 0.15) is 13.3 Å². The van der Waals surface area contributed by atoms with Crippen LogP contribution in [0.25, 0.3) is 0 Å². The second kappa shape index (κ2) is 2.54. The molecule has 4 atom stereocenters. The van der Waals surface area contributed by atoms with Crippen molar-refractivity contribution < 1.29 is 14.3 Å². The Morgan fingerprint density at radius 3 is 2.93 bits per heavy atom. The van der Waals surface area contributed by atoms with Gasteiger partial charge in [0, 0.05) is 12.5 Å². The van der Waals surface area contributed by atoms with Gasteiger partial charge in [-0.1, -0.05) is 11.6 Å². The third-order valence-corrected chi connectivity index (χ3v) is 3.73. The number of hydrogen-bond acceptors (Lipinski definition) is 3. The summed E-state index contributed by atoms with van der Waals surface area (Å²) in [5.74, 6) is -0.583. The summed E-state index contributed by atoms with van der Waals surface area (Å²) in [5, 5.41) is 0. The van der Waals surface area contributed by atoms with Gasteiger partial charge in [0.2, 0.25) is 11.6 Å². The van der Waals surface area contributed by atoms with Crippen LogP contribution < -0.4 is 0 Å². The lowest BCUT2D eigenvalue weighted by Crippen LogP contribution is -2.52. The molecule has 3 nitrogen and oxygen atoms in total. The Bertz CT molecular complexity index is 356. The van der Waals surface area contributed by atoms with Gasteiger partial charge in [-0.05, 0) is 13.3 Å². The van der Waals surface area contributed by atoms with Crippen LogP contribution in [0.5, 0.6) is 0 Å². The Hall–Kier alpha value is -0.960. The topological polar surface area (TPSA) is 43.4 Å². The average molecular weight is 192 g/mol. The predicted octanol–water partition coefficient (Wildman–Crippen LogP) is 0.736. The molecule has 0 unspecified atom stereocenters. The molecule has 0 radical (unpaired) electrons. The van der Waals surface area contributed by atoms with E-state index in [4.69, 9.17) is 4.74 Å². The van der Waals surface area contributed by atoms with Gasteiger partial charge in [-0.25, -0.2) is 0 Å². The van der Waals surface area contributed by atoms with Gasteiger partial charge in [0.25, 0.3) is 0 Å². The quantitative estimate of drug-likeness (QED) is 0.420. The van der Waals surface area contributed by atoms with E-state index in [1.165, 1.54) is 0 Å². The minimum atomic E-state index is -0.278. The van der Waals surface area contributed by atoms with E-state index in [2.05, 4.69) is 0 Å². The SMILES string of the molecule is CC1=C[C@H]2C(=O)C(=O)[C@@H]1[C@H]1CCO[C@H]12. The van der Waals surface area contributed by atoms with Crippen molar-refractivity contribution >= 4 is 11.6 Å². The van der Waals surface area contributed by atoms with Gasteiger partial charge < -0.3 is 4.74 Å². The summed E-state index contributed by atoms with van der Waals surface area (Å²) in [5.41, 5.74) is 1.08. The molecule has 74 valence electrons. The molecule has 0 aromatic carbocycles. The fraction of sp³-hybridized carbons (Fsp3) is 0.636. The standard InChI is InChI=1S/C11H12O3/c1-5-4-7-9(12)10(13)8(5)6-2-3-14-11(6)7/h4,6-8,11H,2-3H2,1H3/t6-,7+,8+,11-/m1/s1. The molecule has 14 heavy (non-hydrogen) atoms. The smallest absolute Gasteiger partial charge is 0.208 e. The molecule has 0 amide bonds. The fourth-order valence-corrected chi connectivity index (χ4v) is 3.12. The van der Waals surface area contributed by atoms with Gasteiger partial charge in [0.05, 0.1) is 17.9 Å². The first-order valence-electron chi connectivity index (χ1n) is 5.08. The Kier molecular flexibility index (Phi) is 1.52. The van der Waals surface area contributed by atoms with E-state index >= 15 is 0 Å². The number of ether oxygens (including phenoxy) is 1.